The predicted octanol–water partition coefficient (Wildman–Crippen LogP) is 3.40. The third kappa shape index (κ3) is 4.28. The smallest absolute Gasteiger partial charge is 0.238 e. The first-order chi connectivity index (χ1) is 17.1. The number of nitrogens with one attached hydrogen (secondary N) is 1. The van der Waals surface area contributed by atoms with E-state index in [1.165, 1.54) is 0 Å². The van der Waals surface area contributed by atoms with Crippen molar-refractivity contribution in [3.63, 3.8) is 0 Å². The molecule has 5 rings (SSSR count). The minimum atomic E-state index is -3.53. The molecule has 36 heavy (non-hydrogen) atoms. The number of carbonyl (C=O) groups excluding carboxylic acids is 1. The van der Waals surface area contributed by atoms with Crippen molar-refractivity contribution in [2.24, 2.45) is 0 Å². The molecule has 1 amide bonds. The summed E-state index contributed by atoms with van der Waals surface area (Å²) in [7, 11) is 2.25. The van der Waals surface area contributed by atoms with Crippen LogP contribution in [0.1, 0.15) is 31.7 Å². The van der Waals surface area contributed by atoms with Crippen LogP contribution in [-0.2, 0) is 20.2 Å². The Morgan fingerprint density at radius 1 is 1.14 bits per heavy atom. The minimum Gasteiger partial charge on any atom is -0.476 e. The van der Waals surface area contributed by atoms with Crippen LogP contribution in [0.25, 0.3) is 22.0 Å². The average Bonchev–Trinajstić information content (AvgIpc) is 3.63. The molecule has 9 nitrogen and oxygen atoms in total. The van der Waals surface area contributed by atoms with Gasteiger partial charge in [-0.2, -0.15) is 0 Å². The van der Waals surface area contributed by atoms with Gasteiger partial charge in [-0.25, -0.2) is 13.4 Å². The number of amides is 1. The molecule has 0 saturated heterocycles. The van der Waals surface area contributed by atoms with Crippen molar-refractivity contribution in [3.8, 4) is 17.0 Å². The molecule has 0 radical (unpaired) electrons. The molecule has 0 bridgehead atoms. The van der Waals surface area contributed by atoms with Gasteiger partial charge < -0.3 is 14.5 Å². The summed E-state index contributed by atoms with van der Waals surface area (Å²) in [6.07, 6.45) is 5.94. The van der Waals surface area contributed by atoms with Crippen LogP contribution >= 0.6 is 0 Å². The SMILES string of the molecule is CCS(=O)(=O)Nc1cc(-c2ccc3ncc4c(c3c2)C2(CC2)C(=O)N4C)cnc1OCCCN(C)C. The summed E-state index contributed by atoms with van der Waals surface area (Å²) in [4.78, 5) is 25.8. The van der Waals surface area contributed by atoms with Gasteiger partial charge in [0, 0.05) is 36.3 Å². The third-order valence-corrected chi connectivity index (χ3v) is 8.26. The highest BCUT2D eigenvalue weighted by molar-refractivity contribution is 7.92. The molecule has 1 aliphatic heterocycles. The molecule has 0 unspecified atom stereocenters. The lowest BCUT2D eigenvalue weighted by atomic mass is 9.92. The van der Waals surface area contributed by atoms with E-state index in [1.807, 2.05) is 32.3 Å². The Labute approximate surface area is 211 Å². The number of aromatic nitrogens is 2. The second-order valence-corrected chi connectivity index (χ2v) is 11.8. The summed E-state index contributed by atoms with van der Waals surface area (Å²) in [5.41, 5.74) is 4.21. The van der Waals surface area contributed by atoms with Crippen molar-refractivity contribution in [1.29, 1.82) is 0 Å². The molecule has 2 aliphatic rings. The topological polar surface area (TPSA) is 105 Å². The maximum Gasteiger partial charge on any atom is 0.238 e. The summed E-state index contributed by atoms with van der Waals surface area (Å²) < 4.78 is 33.2. The Balaban J connectivity index is 1.54. The van der Waals surface area contributed by atoms with Crippen molar-refractivity contribution >= 4 is 38.2 Å². The lowest BCUT2D eigenvalue weighted by Gasteiger charge is -2.15. The summed E-state index contributed by atoms with van der Waals surface area (Å²) in [6.45, 7) is 2.85. The Morgan fingerprint density at radius 3 is 2.61 bits per heavy atom. The van der Waals surface area contributed by atoms with E-state index in [0.29, 0.717) is 12.3 Å². The second kappa shape index (κ2) is 9.01. The van der Waals surface area contributed by atoms with Crippen molar-refractivity contribution in [3.05, 3.63) is 42.2 Å². The monoisotopic (exact) mass is 509 g/mol. The number of hydrogen-bond acceptors (Lipinski definition) is 7. The molecule has 1 aliphatic carbocycles. The highest BCUT2D eigenvalue weighted by Crippen LogP contribution is 2.58. The van der Waals surface area contributed by atoms with Gasteiger partial charge in [0.2, 0.25) is 21.8 Å². The van der Waals surface area contributed by atoms with Gasteiger partial charge in [0.25, 0.3) is 0 Å². The zero-order valence-corrected chi connectivity index (χ0v) is 21.9. The van der Waals surface area contributed by atoms with Gasteiger partial charge in [0.15, 0.2) is 0 Å². The fourth-order valence-corrected chi connectivity index (χ4v) is 5.46. The predicted molar refractivity (Wildman–Crippen MR) is 141 cm³/mol. The maximum absolute atomic E-state index is 12.9. The number of carbonyl (C=O) groups is 1. The van der Waals surface area contributed by atoms with E-state index in [0.717, 1.165) is 59.1 Å². The molecular weight excluding hydrogens is 478 g/mol. The first-order valence-corrected chi connectivity index (χ1v) is 13.8. The summed E-state index contributed by atoms with van der Waals surface area (Å²) in [5.74, 6) is 0.322. The normalized spacial score (nSPS) is 16.1. The number of benzene rings is 1. The maximum atomic E-state index is 12.9. The quantitative estimate of drug-likeness (QED) is 0.441. The molecule has 3 aromatic rings. The van der Waals surface area contributed by atoms with Crippen LogP contribution in [0.2, 0.25) is 0 Å². The molecule has 1 spiro atoms. The summed E-state index contributed by atoms with van der Waals surface area (Å²) in [6, 6.07) is 7.66. The van der Waals surface area contributed by atoms with E-state index in [4.69, 9.17) is 4.74 Å². The van der Waals surface area contributed by atoms with E-state index in [9.17, 15) is 13.2 Å². The Bertz CT molecular complexity index is 1450. The Kier molecular flexibility index (Phi) is 6.12. The number of fused-ring (bicyclic) bond motifs is 4. The highest BCUT2D eigenvalue weighted by Gasteiger charge is 2.59. The summed E-state index contributed by atoms with van der Waals surface area (Å²) >= 11 is 0. The number of rotatable bonds is 9. The summed E-state index contributed by atoms with van der Waals surface area (Å²) in [5, 5.41) is 0.944. The van der Waals surface area contributed by atoms with Gasteiger partial charge in [0.1, 0.15) is 5.69 Å². The Hall–Kier alpha value is -3.24. The van der Waals surface area contributed by atoms with Crippen molar-refractivity contribution < 1.29 is 17.9 Å². The van der Waals surface area contributed by atoms with Gasteiger partial charge in [0.05, 0.1) is 35.2 Å². The van der Waals surface area contributed by atoms with Crippen LogP contribution in [-0.4, -0.2) is 69.2 Å². The zero-order valence-electron chi connectivity index (χ0n) is 21.0. The van der Waals surface area contributed by atoms with Crippen LogP contribution in [0.5, 0.6) is 5.88 Å². The van der Waals surface area contributed by atoms with E-state index < -0.39 is 15.4 Å². The lowest BCUT2D eigenvalue weighted by molar-refractivity contribution is -0.119. The molecule has 1 saturated carbocycles. The standard InChI is InChI=1S/C26H31N5O4S/c1-5-36(33,34)29-21-14-18(15-28-24(21)35-12-6-11-30(2)3)17-7-8-20-19(13-17)23-22(16-27-20)31(4)25(32)26(23)9-10-26/h7-8,13-16,29H,5-6,9-12H2,1-4H3. The number of pyridine rings is 2. The largest absolute Gasteiger partial charge is 0.476 e. The number of anilines is 2. The molecule has 10 heteroatoms. The van der Waals surface area contributed by atoms with Gasteiger partial charge in [-0.1, -0.05) is 6.07 Å². The highest BCUT2D eigenvalue weighted by atomic mass is 32.2. The number of nitrogens with zero attached hydrogens (tertiary/aromatic N) is 4. The lowest BCUT2D eigenvalue weighted by Crippen LogP contribution is -2.28. The first kappa shape index (κ1) is 24.5. The van der Waals surface area contributed by atoms with E-state index in [-0.39, 0.29) is 17.5 Å². The van der Waals surface area contributed by atoms with E-state index >= 15 is 0 Å². The number of sulfonamides is 1. The molecule has 190 valence electrons. The fourth-order valence-electron chi connectivity index (χ4n) is 4.83. The number of hydrogen-bond donors (Lipinski definition) is 1. The zero-order chi connectivity index (χ0) is 25.7. The molecule has 1 fully saturated rings. The van der Waals surface area contributed by atoms with Crippen molar-refractivity contribution in [2.45, 2.75) is 31.6 Å². The minimum absolute atomic E-state index is 0.0608. The van der Waals surface area contributed by atoms with Crippen molar-refractivity contribution in [1.82, 2.24) is 14.9 Å². The van der Waals surface area contributed by atoms with Crippen LogP contribution < -0.4 is 14.4 Å². The van der Waals surface area contributed by atoms with Crippen LogP contribution in [0.4, 0.5) is 11.4 Å². The molecule has 2 aromatic heterocycles. The molecular formula is C26H31N5O4S. The van der Waals surface area contributed by atoms with Crippen LogP contribution in [0, 0.1) is 0 Å². The third-order valence-electron chi connectivity index (χ3n) is 6.97. The fraction of sp³-hybridized carbons (Fsp3) is 0.423. The van der Waals surface area contributed by atoms with E-state index in [2.05, 4.69) is 19.6 Å². The molecule has 0 atom stereocenters. The Morgan fingerprint density at radius 2 is 1.92 bits per heavy atom. The van der Waals surface area contributed by atoms with Crippen molar-refractivity contribution in [2.75, 3.05) is 49.7 Å². The molecule has 1 aromatic carbocycles. The van der Waals surface area contributed by atoms with Crippen LogP contribution in [0.3, 0.4) is 0 Å². The average molecular weight is 510 g/mol. The van der Waals surface area contributed by atoms with Gasteiger partial charge in [-0.05, 0) is 64.0 Å². The number of ether oxygens (including phenoxy) is 1. The first-order valence-electron chi connectivity index (χ1n) is 12.1. The molecule has 1 N–H and O–H groups in total. The van der Waals surface area contributed by atoms with Crippen LogP contribution in [0.15, 0.2) is 36.7 Å². The van der Waals surface area contributed by atoms with Gasteiger partial charge in [-0.3, -0.25) is 14.5 Å². The second-order valence-electron chi connectivity index (χ2n) is 9.78. The number of likely N-dealkylation sites (N-methyl/N-ethyl adjacent to an activating group) is 1. The molecule has 3 heterocycles. The van der Waals surface area contributed by atoms with E-state index in [1.54, 1.807) is 37.3 Å². The van der Waals surface area contributed by atoms with Gasteiger partial charge in [-0.15, -0.1) is 0 Å². The van der Waals surface area contributed by atoms with Gasteiger partial charge >= 0.3 is 0 Å².